The van der Waals surface area contributed by atoms with Gasteiger partial charge in [0.15, 0.2) is 0 Å². The Bertz CT molecular complexity index is 239. The van der Waals surface area contributed by atoms with E-state index in [2.05, 4.69) is 15.9 Å². The molecule has 0 fully saturated rings. The van der Waals surface area contributed by atoms with Crippen LogP contribution in [0.2, 0.25) is 0 Å². The Morgan fingerprint density at radius 2 is 1.50 bits per heavy atom. The van der Waals surface area contributed by atoms with Crippen molar-refractivity contribution in [1.82, 2.24) is 0 Å². The Morgan fingerprint density at radius 1 is 1.08 bits per heavy atom. The monoisotopic (exact) mass is 242 g/mol. The van der Waals surface area contributed by atoms with E-state index in [4.69, 9.17) is 9.47 Å². The van der Waals surface area contributed by atoms with E-state index in [9.17, 15) is 0 Å². The molecule has 0 aliphatic rings. The maximum atomic E-state index is 5.03. The molecule has 0 aromatic heterocycles. The van der Waals surface area contributed by atoms with E-state index in [1.165, 1.54) is 0 Å². The summed E-state index contributed by atoms with van der Waals surface area (Å²) in [5, 5.41) is 0. The van der Waals surface area contributed by atoms with Crippen molar-refractivity contribution in [3.63, 3.8) is 0 Å². The number of ether oxygens (including phenoxy) is 2. The molecule has 0 aliphatic carbocycles. The SMILES string of the molecule is COc1cc(Br)cc(OC)c1.[H-].[H-].[Mg+2]. The molecule has 1 aromatic carbocycles. The van der Waals surface area contributed by atoms with E-state index in [0.717, 1.165) is 16.0 Å². The molecule has 0 bridgehead atoms. The minimum absolute atomic E-state index is 0. The predicted octanol–water partition coefficient (Wildman–Crippen LogP) is 2.31. The van der Waals surface area contributed by atoms with Crippen LogP contribution in [0.5, 0.6) is 11.5 Å². The van der Waals surface area contributed by atoms with Gasteiger partial charge in [0.25, 0.3) is 0 Å². The third-order valence-electron chi connectivity index (χ3n) is 1.32. The first-order valence-electron chi connectivity index (χ1n) is 3.15. The third-order valence-corrected chi connectivity index (χ3v) is 1.77. The average molecular weight is 243 g/mol. The number of rotatable bonds is 2. The van der Waals surface area contributed by atoms with Crippen LogP contribution in [0.3, 0.4) is 0 Å². The van der Waals surface area contributed by atoms with Gasteiger partial charge < -0.3 is 12.3 Å². The van der Waals surface area contributed by atoms with Crippen LogP contribution < -0.4 is 9.47 Å². The van der Waals surface area contributed by atoms with Crippen LogP contribution in [-0.2, 0) is 0 Å². The fourth-order valence-electron chi connectivity index (χ4n) is 0.773. The van der Waals surface area contributed by atoms with Crippen molar-refractivity contribution in [2.45, 2.75) is 0 Å². The van der Waals surface area contributed by atoms with Crippen LogP contribution in [0.25, 0.3) is 0 Å². The quantitative estimate of drug-likeness (QED) is 0.742. The van der Waals surface area contributed by atoms with Crippen molar-refractivity contribution in [3.8, 4) is 11.5 Å². The molecule has 0 saturated heterocycles. The van der Waals surface area contributed by atoms with E-state index in [-0.39, 0.29) is 25.9 Å². The van der Waals surface area contributed by atoms with Gasteiger partial charge in [0.2, 0.25) is 0 Å². The molecule has 0 unspecified atom stereocenters. The van der Waals surface area contributed by atoms with Crippen molar-refractivity contribution in [2.75, 3.05) is 14.2 Å². The molecule has 0 radical (unpaired) electrons. The minimum atomic E-state index is 0. The summed E-state index contributed by atoms with van der Waals surface area (Å²) in [7, 11) is 3.25. The molecule has 12 heavy (non-hydrogen) atoms. The van der Waals surface area contributed by atoms with Crippen LogP contribution in [0, 0.1) is 0 Å². The zero-order valence-electron chi connectivity index (χ0n) is 9.13. The Balaban J connectivity index is -0.000000403. The maximum Gasteiger partial charge on any atom is 2.00 e. The van der Waals surface area contributed by atoms with Gasteiger partial charge in [-0.2, -0.15) is 0 Å². The molecule has 4 heteroatoms. The van der Waals surface area contributed by atoms with Crippen LogP contribution in [0.15, 0.2) is 22.7 Å². The molecule has 0 heterocycles. The van der Waals surface area contributed by atoms with Gasteiger partial charge >= 0.3 is 23.1 Å². The summed E-state index contributed by atoms with van der Waals surface area (Å²) in [5.74, 6) is 1.58. The molecule has 1 rings (SSSR count). The topological polar surface area (TPSA) is 18.5 Å². The Morgan fingerprint density at radius 3 is 1.83 bits per heavy atom. The zero-order chi connectivity index (χ0) is 8.27. The molecule has 0 atom stereocenters. The first-order valence-corrected chi connectivity index (χ1v) is 3.94. The van der Waals surface area contributed by atoms with Gasteiger partial charge in [-0.05, 0) is 12.1 Å². The Hall–Kier alpha value is 0.0662. The summed E-state index contributed by atoms with van der Waals surface area (Å²) in [4.78, 5) is 0. The Labute approximate surface area is 99.5 Å². The summed E-state index contributed by atoms with van der Waals surface area (Å²) < 4.78 is 11.0. The number of benzene rings is 1. The molecule has 0 amide bonds. The summed E-state index contributed by atoms with van der Waals surface area (Å²) in [5.41, 5.74) is 0. The molecule has 1 aromatic rings. The van der Waals surface area contributed by atoms with Crippen molar-refractivity contribution >= 4 is 39.0 Å². The van der Waals surface area contributed by atoms with Crippen molar-refractivity contribution in [1.29, 1.82) is 0 Å². The number of hydrogen-bond donors (Lipinski definition) is 0. The molecule has 0 N–H and O–H groups in total. The molecular weight excluding hydrogens is 232 g/mol. The van der Waals surface area contributed by atoms with E-state index in [1.807, 2.05) is 18.2 Å². The standard InChI is InChI=1S/C8H9BrO2.Mg.2H/c1-10-7-3-6(9)4-8(5-7)11-2;;;/h3-5H,1-2H3;;;/q;+2;2*-1. The first kappa shape index (κ1) is 12.1. The molecule has 0 aliphatic heterocycles. The van der Waals surface area contributed by atoms with Gasteiger partial charge in [-0.15, -0.1) is 0 Å². The van der Waals surface area contributed by atoms with Gasteiger partial charge in [0, 0.05) is 10.5 Å². The second-order valence-electron chi connectivity index (χ2n) is 2.03. The van der Waals surface area contributed by atoms with Gasteiger partial charge in [-0.25, -0.2) is 0 Å². The van der Waals surface area contributed by atoms with Crippen LogP contribution in [-0.4, -0.2) is 37.3 Å². The molecular formula is C8H11BrMgO2. The molecule has 0 saturated carbocycles. The van der Waals surface area contributed by atoms with E-state index in [0.29, 0.717) is 0 Å². The normalized spacial score (nSPS) is 8.58. The van der Waals surface area contributed by atoms with Crippen molar-refractivity contribution in [2.24, 2.45) is 0 Å². The van der Waals surface area contributed by atoms with Gasteiger partial charge in [-0.3, -0.25) is 0 Å². The largest absolute Gasteiger partial charge is 2.00 e. The minimum Gasteiger partial charge on any atom is -1.00 e. The van der Waals surface area contributed by atoms with Crippen molar-refractivity contribution in [3.05, 3.63) is 22.7 Å². The second-order valence-corrected chi connectivity index (χ2v) is 2.95. The number of methoxy groups -OCH3 is 2. The molecule has 0 spiro atoms. The first-order chi connectivity index (χ1) is 5.26. The summed E-state index contributed by atoms with van der Waals surface area (Å²) in [6, 6.07) is 5.58. The second kappa shape index (κ2) is 5.67. The average Bonchev–Trinajstić information content (AvgIpc) is 2.03. The zero-order valence-corrected chi connectivity index (χ0v) is 10.1. The molecule has 2 nitrogen and oxygen atoms in total. The summed E-state index contributed by atoms with van der Waals surface area (Å²) in [6.07, 6.45) is 0. The summed E-state index contributed by atoms with van der Waals surface area (Å²) >= 11 is 3.33. The fourth-order valence-corrected chi connectivity index (χ4v) is 1.22. The van der Waals surface area contributed by atoms with E-state index >= 15 is 0 Å². The fraction of sp³-hybridized carbons (Fsp3) is 0.250. The van der Waals surface area contributed by atoms with Gasteiger partial charge in [0.05, 0.1) is 14.2 Å². The smallest absolute Gasteiger partial charge is 1.00 e. The maximum absolute atomic E-state index is 5.03. The number of hydrogen-bond acceptors (Lipinski definition) is 2. The van der Waals surface area contributed by atoms with Crippen LogP contribution >= 0.6 is 15.9 Å². The third kappa shape index (κ3) is 3.21. The predicted molar refractivity (Wildman–Crippen MR) is 55.2 cm³/mol. The van der Waals surface area contributed by atoms with Crippen molar-refractivity contribution < 1.29 is 12.3 Å². The van der Waals surface area contributed by atoms with Gasteiger partial charge in [0.1, 0.15) is 11.5 Å². The van der Waals surface area contributed by atoms with E-state index in [1.54, 1.807) is 14.2 Å². The number of halogens is 1. The van der Waals surface area contributed by atoms with E-state index < -0.39 is 0 Å². The molecule has 64 valence electrons. The summed E-state index contributed by atoms with van der Waals surface area (Å²) in [6.45, 7) is 0. The Kier molecular flexibility index (Phi) is 5.70. The van der Waals surface area contributed by atoms with Crippen LogP contribution in [0.1, 0.15) is 2.85 Å². The van der Waals surface area contributed by atoms with Crippen LogP contribution in [0.4, 0.5) is 0 Å². The van der Waals surface area contributed by atoms with Gasteiger partial charge in [-0.1, -0.05) is 15.9 Å².